The van der Waals surface area contributed by atoms with Crippen LogP contribution in [0.5, 0.6) is 0 Å². The van der Waals surface area contributed by atoms with E-state index in [1.807, 2.05) is 6.26 Å². The van der Waals surface area contributed by atoms with Crippen molar-refractivity contribution < 1.29 is 14.0 Å². The van der Waals surface area contributed by atoms with Gasteiger partial charge < -0.3 is 15.1 Å². The van der Waals surface area contributed by atoms with Gasteiger partial charge in [-0.05, 0) is 42.7 Å². The summed E-state index contributed by atoms with van der Waals surface area (Å²) in [6, 6.07) is 9.60. The fraction of sp³-hybridized carbons (Fsp3) is 0.211. The maximum atomic E-state index is 12.7. The van der Waals surface area contributed by atoms with Gasteiger partial charge in [0.2, 0.25) is 5.91 Å². The van der Waals surface area contributed by atoms with E-state index in [0.29, 0.717) is 33.6 Å². The summed E-state index contributed by atoms with van der Waals surface area (Å²) in [6.07, 6.45) is 4.00. The summed E-state index contributed by atoms with van der Waals surface area (Å²) in [4.78, 5) is 29.6. The Morgan fingerprint density at radius 2 is 2.11 bits per heavy atom. The van der Waals surface area contributed by atoms with Gasteiger partial charge in [-0.15, -0.1) is 11.3 Å². The largest absolute Gasteiger partial charge is 0.463 e. The Morgan fingerprint density at radius 1 is 1.29 bits per heavy atom. The summed E-state index contributed by atoms with van der Waals surface area (Å²) >= 11 is 8.98. The molecule has 2 aromatic heterocycles. The molecule has 146 valence electrons. The number of furan rings is 1. The number of amides is 2. The van der Waals surface area contributed by atoms with Gasteiger partial charge in [0.25, 0.3) is 5.91 Å². The molecule has 6 nitrogen and oxygen atoms in total. The van der Waals surface area contributed by atoms with Gasteiger partial charge in [0, 0.05) is 5.38 Å². The molecular formula is C19H18ClN3O3S2. The van der Waals surface area contributed by atoms with Crippen LogP contribution in [0.3, 0.4) is 0 Å². The standard InChI is InChI=1S/C19H18ClN3O3S2/c1-27-10-8-14(21-17(24)12-5-2-3-6-13(12)20)18(25)23-19-22-15(11-28-19)16-7-4-9-26-16/h2-7,9,11,14H,8,10H2,1H3,(H,21,24)(H,22,23,25). The Bertz CT molecular complexity index is 944. The highest BCUT2D eigenvalue weighted by atomic mass is 35.5. The van der Waals surface area contributed by atoms with Crippen LogP contribution in [0, 0.1) is 0 Å². The van der Waals surface area contributed by atoms with E-state index in [1.165, 1.54) is 11.3 Å². The number of aromatic nitrogens is 1. The second-order valence-corrected chi connectivity index (χ2v) is 8.04. The third kappa shape index (κ3) is 5.15. The SMILES string of the molecule is CSCCC(NC(=O)c1ccccc1Cl)C(=O)Nc1nc(-c2ccco2)cs1. The van der Waals surface area contributed by atoms with Crippen molar-refractivity contribution in [3.8, 4) is 11.5 Å². The molecule has 2 amide bonds. The summed E-state index contributed by atoms with van der Waals surface area (Å²) in [7, 11) is 0. The molecule has 0 aliphatic heterocycles. The molecule has 2 N–H and O–H groups in total. The Kier molecular flexibility index (Phi) is 7.13. The number of nitrogens with one attached hydrogen (secondary N) is 2. The molecule has 0 fully saturated rings. The predicted octanol–water partition coefficient (Wildman–Crippen LogP) is 4.55. The number of halogens is 1. The summed E-state index contributed by atoms with van der Waals surface area (Å²) in [6.45, 7) is 0. The maximum Gasteiger partial charge on any atom is 0.253 e. The molecule has 28 heavy (non-hydrogen) atoms. The Balaban J connectivity index is 1.69. The molecule has 9 heteroatoms. The molecule has 1 unspecified atom stereocenters. The number of thiazole rings is 1. The molecule has 3 aromatic rings. The topological polar surface area (TPSA) is 84.2 Å². The van der Waals surface area contributed by atoms with Gasteiger partial charge in [0.15, 0.2) is 10.9 Å². The summed E-state index contributed by atoms with van der Waals surface area (Å²) in [5, 5.41) is 8.13. The first kappa shape index (κ1) is 20.4. The van der Waals surface area contributed by atoms with Crippen molar-refractivity contribution in [3.63, 3.8) is 0 Å². The maximum absolute atomic E-state index is 12.7. The van der Waals surface area contributed by atoms with E-state index < -0.39 is 6.04 Å². The number of nitrogens with zero attached hydrogens (tertiary/aromatic N) is 1. The lowest BCUT2D eigenvalue weighted by molar-refractivity contribution is -0.118. The molecule has 0 bridgehead atoms. The molecule has 0 radical (unpaired) electrons. The number of hydrogen-bond donors (Lipinski definition) is 2. The fourth-order valence-electron chi connectivity index (χ4n) is 2.45. The smallest absolute Gasteiger partial charge is 0.253 e. The third-order valence-electron chi connectivity index (χ3n) is 3.86. The zero-order valence-electron chi connectivity index (χ0n) is 15.0. The minimum atomic E-state index is -0.702. The van der Waals surface area contributed by atoms with Crippen molar-refractivity contribution in [2.75, 3.05) is 17.3 Å². The predicted molar refractivity (Wildman–Crippen MR) is 114 cm³/mol. The highest BCUT2D eigenvalue weighted by molar-refractivity contribution is 7.98. The van der Waals surface area contributed by atoms with Crippen LogP contribution in [0.25, 0.3) is 11.5 Å². The molecule has 3 rings (SSSR count). The van der Waals surface area contributed by atoms with Gasteiger partial charge in [0.1, 0.15) is 11.7 Å². The van der Waals surface area contributed by atoms with Crippen LogP contribution in [-0.4, -0.2) is 34.8 Å². The average Bonchev–Trinajstić information content (AvgIpc) is 3.37. The zero-order chi connectivity index (χ0) is 19.9. The zero-order valence-corrected chi connectivity index (χ0v) is 17.4. The number of carbonyl (C=O) groups excluding carboxylic acids is 2. The van der Waals surface area contributed by atoms with E-state index in [0.717, 1.165) is 5.75 Å². The van der Waals surface area contributed by atoms with Gasteiger partial charge in [-0.25, -0.2) is 4.98 Å². The lowest BCUT2D eigenvalue weighted by Crippen LogP contribution is -2.44. The highest BCUT2D eigenvalue weighted by Crippen LogP contribution is 2.25. The van der Waals surface area contributed by atoms with Crippen LogP contribution in [-0.2, 0) is 4.79 Å². The Hall–Kier alpha value is -2.29. The van der Waals surface area contributed by atoms with Crippen molar-refractivity contribution in [1.29, 1.82) is 0 Å². The van der Waals surface area contributed by atoms with Gasteiger partial charge in [-0.2, -0.15) is 11.8 Å². The van der Waals surface area contributed by atoms with Gasteiger partial charge in [-0.3, -0.25) is 9.59 Å². The van der Waals surface area contributed by atoms with Crippen molar-refractivity contribution >= 4 is 51.6 Å². The van der Waals surface area contributed by atoms with E-state index in [9.17, 15) is 9.59 Å². The molecule has 0 spiro atoms. The van der Waals surface area contributed by atoms with E-state index in [1.54, 1.807) is 59.8 Å². The molecule has 0 saturated heterocycles. The normalized spacial score (nSPS) is 11.8. The Morgan fingerprint density at radius 3 is 2.82 bits per heavy atom. The number of rotatable bonds is 8. The van der Waals surface area contributed by atoms with Gasteiger partial charge in [-0.1, -0.05) is 23.7 Å². The molecule has 0 aliphatic rings. The van der Waals surface area contributed by atoms with E-state index in [-0.39, 0.29) is 11.8 Å². The average molecular weight is 436 g/mol. The summed E-state index contributed by atoms with van der Waals surface area (Å²) in [5.41, 5.74) is 0.978. The molecular weight excluding hydrogens is 418 g/mol. The fourth-order valence-corrected chi connectivity index (χ4v) is 3.84. The van der Waals surface area contributed by atoms with Crippen LogP contribution in [0.1, 0.15) is 16.8 Å². The number of benzene rings is 1. The molecule has 2 heterocycles. The number of carbonyl (C=O) groups is 2. The first-order valence-corrected chi connectivity index (χ1v) is 11.1. The van der Waals surface area contributed by atoms with Crippen molar-refractivity contribution in [2.45, 2.75) is 12.5 Å². The van der Waals surface area contributed by atoms with Crippen LogP contribution in [0.15, 0.2) is 52.5 Å². The van der Waals surface area contributed by atoms with E-state index >= 15 is 0 Å². The molecule has 0 aliphatic carbocycles. The highest BCUT2D eigenvalue weighted by Gasteiger charge is 2.23. The lowest BCUT2D eigenvalue weighted by Gasteiger charge is -2.17. The van der Waals surface area contributed by atoms with Crippen molar-refractivity contribution in [3.05, 3.63) is 58.6 Å². The van der Waals surface area contributed by atoms with Crippen molar-refractivity contribution in [1.82, 2.24) is 10.3 Å². The first-order chi connectivity index (χ1) is 13.6. The summed E-state index contributed by atoms with van der Waals surface area (Å²) < 4.78 is 5.31. The second kappa shape index (κ2) is 9.77. The monoisotopic (exact) mass is 435 g/mol. The minimum absolute atomic E-state index is 0.324. The third-order valence-corrected chi connectivity index (χ3v) is 5.59. The minimum Gasteiger partial charge on any atom is -0.463 e. The van der Waals surface area contributed by atoms with Crippen molar-refractivity contribution in [2.24, 2.45) is 0 Å². The van der Waals surface area contributed by atoms with Crippen LogP contribution < -0.4 is 10.6 Å². The number of thioether (sulfide) groups is 1. The number of hydrogen-bond acceptors (Lipinski definition) is 6. The lowest BCUT2D eigenvalue weighted by atomic mass is 10.1. The van der Waals surface area contributed by atoms with Crippen LogP contribution >= 0.6 is 34.7 Å². The van der Waals surface area contributed by atoms with Gasteiger partial charge in [0.05, 0.1) is 16.8 Å². The molecule has 0 saturated carbocycles. The van der Waals surface area contributed by atoms with Crippen LogP contribution in [0.4, 0.5) is 5.13 Å². The molecule has 1 atom stereocenters. The summed E-state index contributed by atoms with van der Waals surface area (Å²) in [5.74, 6) is 0.635. The first-order valence-electron chi connectivity index (χ1n) is 8.43. The van der Waals surface area contributed by atoms with Crippen LogP contribution in [0.2, 0.25) is 5.02 Å². The Labute approximate surface area is 175 Å². The second-order valence-electron chi connectivity index (χ2n) is 5.79. The molecule has 1 aromatic carbocycles. The quantitative estimate of drug-likeness (QED) is 0.542. The number of anilines is 1. The van der Waals surface area contributed by atoms with E-state index in [2.05, 4.69) is 15.6 Å². The van der Waals surface area contributed by atoms with Gasteiger partial charge >= 0.3 is 0 Å². The van der Waals surface area contributed by atoms with E-state index in [4.69, 9.17) is 16.0 Å².